The predicted molar refractivity (Wildman–Crippen MR) is 64.5 cm³/mol. The number of hydrogen-bond acceptors (Lipinski definition) is 4. The first-order chi connectivity index (χ1) is 8.29. The average molecular weight is 278 g/mol. The Bertz CT molecular complexity index is 434. The van der Waals surface area contributed by atoms with E-state index in [0.29, 0.717) is 19.4 Å². The average Bonchev–Trinajstić information content (AvgIpc) is 2.77. The molecule has 1 rings (SSSR count). The molecule has 1 heterocycles. The van der Waals surface area contributed by atoms with Gasteiger partial charge in [0, 0.05) is 13.6 Å². The highest BCUT2D eigenvalue weighted by Gasteiger charge is 2.34. The SMILES string of the molecule is CCS(=O)(=O)N(C)CC(=O)N1CCC[C@H]1C(=O)O. The largest absolute Gasteiger partial charge is 0.480 e. The number of carbonyl (C=O) groups is 2. The first-order valence-corrected chi connectivity index (χ1v) is 7.36. The number of rotatable bonds is 5. The Hall–Kier alpha value is -1.15. The first kappa shape index (κ1) is 14.9. The zero-order valence-corrected chi connectivity index (χ0v) is 11.3. The lowest BCUT2D eigenvalue weighted by molar-refractivity contribution is -0.148. The molecule has 0 aromatic carbocycles. The molecule has 0 aromatic rings. The van der Waals surface area contributed by atoms with Crippen molar-refractivity contribution >= 4 is 21.9 Å². The van der Waals surface area contributed by atoms with Gasteiger partial charge in [-0.1, -0.05) is 0 Å². The Morgan fingerprint density at radius 2 is 2.06 bits per heavy atom. The minimum Gasteiger partial charge on any atom is -0.480 e. The zero-order chi connectivity index (χ0) is 13.9. The second kappa shape index (κ2) is 5.66. The van der Waals surface area contributed by atoms with Crippen LogP contribution in [-0.2, 0) is 19.6 Å². The van der Waals surface area contributed by atoms with Gasteiger partial charge in [0.15, 0.2) is 0 Å². The van der Waals surface area contributed by atoms with Gasteiger partial charge in [-0.25, -0.2) is 13.2 Å². The standard InChI is InChI=1S/C10H18N2O5S/c1-3-18(16,17)11(2)7-9(13)12-6-4-5-8(12)10(14)15/h8H,3-7H2,1-2H3,(H,14,15)/t8-/m0/s1. The quantitative estimate of drug-likeness (QED) is 0.720. The molecule has 1 N–H and O–H groups in total. The van der Waals surface area contributed by atoms with Gasteiger partial charge in [0.05, 0.1) is 12.3 Å². The summed E-state index contributed by atoms with van der Waals surface area (Å²) in [5.41, 5.74) is 0. The van der Waals surface area contributed by atoms with Gasteiger partial charge in [-0.15, -0.1) is 0 Å². The molecular formula is C10H18N2O5S. The number of amides is 1. The Morgan fingerprint density at radius 1 is 1.44 bits per heavy atom. The van der Waals surface area contributed by atoms with Gasteiger partial charge >= 0.3 is 5.97 Å². The maximum atomic E-state index is 11.9. The fourth-order valence-corrected chi connectivity index (χ4v) is 2.67. The van der Waals surface area contributed by atoms with E-state index >= 15 is 0 Å². The molecule has 0 bridgehead atoms. The van der Waals surface area contributed by atoms with Crippen LogP contribution in [0.1, 0.15) is 19.8 Å². The van der Waals surface area contributed by atoms with Crippen LogP contribution in [0.4, 0.5) is 0 Å². The van der Waals surface area contributed by atoms with E-state index in [1.807, 2.05) is 0 Å². The topological polar surface area (TPSA) is 95.0 Å². The van der Waals surface area contributed by atoms with Crippen molar-refractivity contribution in [2.24, 2.45) is 0 Å². The van der Waals surface area contributed by atoms with E-state index in [-0.39, 0.29) is 12.3 Å². The Balaban J connectivity index is 2.69. The van der Waals surface area contributed by atoms with E-state index < -0.39 is 27.9 Å². The van der Waals surface area contributed by atoms with E-state index in [1.54, 1.807) is 0 Å². The molecule has 0 spiro atoms. The minimum atomic E-state index is -3.42. The van der Waals surface area contributed by atoms with Crippen molar-refractivity contribution in [1.82, 2.24) is 9.21 Å². The van der Waals surface area contributed by atoms with Crippen LogP contribution in [-0.4, -0.2) is 66.5 Å². The van der Waals surface area contributed by atoms with Crippen molar-refractivity contribution in [2.45, 2.75) is 25.8 Å². The number of carboxylic acid groups (broad SMARTS) is 1. The van der Waals surface area contributed by atoms with Gasteiger partial charge in [0.25, 0.3) is 0 Å². The number of nitrogens with zero attached hydrogens (tertiary/aromatic N) is 2. The summed E-state index contributed by atoms with van der Waals surface area (Å²) in [5.74, 6) is -1.58. The van der Waals surface area contributed by atoms with Crippen LogP contribution in [0.15, 0.2) is 0 Å². The third-order valence-corrected chi connectivity index (χ3v) is 4.86. The lowest BCUT2D eigenvalue weighted by Crippen LogP contribution is -2.46. The second-order valence-electron chi connectivity index (χ2n) is 4.24. The third kappa shape index (κ3) is 3.20. The molecule has 7 nitrogen and oxygen atoms in total. The maximum Gasteiger partial charge on any atom is 0.326 e. The Labute approximate surface area is 106 Å². The van der Waals surface area contributed by atoms with Crippen molar-refractivity contribution in [3.05, 3.63) is 0 Å². The van der Waals surface area contributed by atoms with E-state index in [9.17, 15) is 18.0 Å². The molecule has 1 aliphatic rings. The van der Waals surface area contributed by atoms with Crippen molar-refractivity contribution < 1.29 is 23.1 Å². The molecule has 1 amide bonds. The van der Waals surface area contributed by atoms with Gasteiger partial charge in [0.1, 0.15) is 6.04 Å². The number of likely N-dealkylation sites (tertiary alicyclic amines) is 1. The highest BCUT2D eigenvalue weighted by Crippen LogP contribution is 2.17. The van der Waals surface area contributed by atoms with E-state index in [2.05, 4.69) is 0 Å². The summed E-state index contributed by atoms with van der Waals surface area (Å²) in [6.45, 7) is 1.56. The van der Waals surface area contributed by atoms with Gasteiger partial charge in [-0.05, 0) is 19.8 Å². The van der Waals surface area contributed by atoms with E-state index in [0.717, 1.165) is 4.31 Å². The van der Waals surface area contributed by atoms with E-state index in [4.69, 9.17) is 5.11 Å². The van der Waals surface area contributed by atoms with Crippen LogP contribution in [0.25, 0.3) is 0 Å². The molecule has 0 radical (unpaired) electrons. The zero-order valence-electron chi connectivity index (χ0n) is 10.5. The van der Waals surface area contributed by atoms with Gasteiger partial charge in [0.2, 0.25) is 15.9 Å². The fourth-order valence-electron chi connectivity index (χ4n) is 1.92. The molecule has 0 unspecified atom stereocenters. The molecule has 0 aromatic heterocycles. The molecule has 18 heavy (non-hydrogen) atoms. The lowest BCUT2D eigenvalue weighted by Gasteiger charge is -2.24. The van der Waals surface area contributed by atoms with Gasteiger partial charge < -0.3 is 10.0 Å². The van der Waals surface area contributed by atoms with Crippen LogP contribution in [0, 0.1) is 0 Å². The molecular weight excluding hydrogens is 260 g/mol. The number of sulfonamides is 1. The first-order valence-electron chi connectivity index (χ1n) is 5.76. The number of aliphatic carboxylic acids is 1. The monoisotopic (exact) mass is 278 g/mol. The van der Waals surface area contributed by atoms with Crippen LogP contribution in [0.2, 0.25) is 0 Å². The van der Waals surface area contributed by atoms with Crippen molar-refractivity contribution in [3.63, 3.8) is 0 Å². The summed E-state index contributed by atoms with van der Waals surface area (Å²) in [4.78, 5) is 24.1. The summed E-state index contributed by atoms with van der Waals surface area (Å²) < 4.78 is 24.0. The number of carboxylic acids is 1. The maximum absolute atomic E-state index is 11.9. The highest BCUT2D eigenvalue weighted by molar-refractivity contribution is 7.89. The van der Waals surface area contributed by atoms with Crippen LogP contribution < -0.4 is 0 Å². The summed E-state index contributed by atoms with van der Waals surface area (Å²) in [6.07, 6.45) is 1.05. The van der Waals surface area contributed by atoms with Crippen LogP contribution in [0.3, 0.4) is 0 Å². The summed E-state index contributed by atoms with van der Waals surface area (Å²) in [5, 5.41) is 8.95. The normalized spacial score (nSPS) is 20.4. The van der Waals surface area contributed by atoms with Crippen LogP contribution in [0.5, 0.6) is 0 Å². The molecule has 8 heteroatoms. The van der Waals surface area contributed by atoms with Crippen molar-refractivity contribution in [1.29, 1.82) is 0 Å². The molecule has 0 saturated carbocycles. The molecule has 1 aliphatic heterocycles. The van der Waals surface area contributed by atoms with Crippen molar-refractivity contribution in [3.8, 4) is 0 Å². The lowest BCUT2D eigenvalue weighted by atomic mass is 10.2. The number of likely N-dealkylation sites (N-methyl/N-ethyl adjacent to an activating group) is 1. The van der Waals surface area contributed by atoms with Crippen molar-refractivity contribution in [2.75, 3.05) is 25.9 Å². The fraction of sp³-hybridized carbons (Fsp3) is 0.800. The number of hydrogen-bond donors (Lipinski definition) is 1. The Morgan fingerprint density at radius 3 is 2.56 bits per heavy atom. The second-order valence-corrected chi connectivity index (χ2v) is 6.60. The summed E-state index contributed by atoms with van der Waals surface area (Å²) >= 11 is 0. The van der Waals surface area contributed by atoms with Crippen LogP contribution >= 0.6 is 0 Å². The molecule has 1 saturated heterocycles. The predicted octanol–water partition coefficient (Wildman–Crippen LogP) is -0.656. The summed E-state index contributed by atoms with van der Waals surface area (Å²) in [6, 6.07) is -0.824. The van der Waals surface area contributed by atoms with Gasteiger partial charge in [-0.2, -0.15) is 4.31 Å². The Kier molecular flexibility index (Phi) is 4.69. The number of carbonyl (C=O) groups excluding carboxylic acids is 1. The minimum absolute atomic E-state index is 0.0842. The highest BCUT2D eigenvalue weighted by atomic mass is 32.2. The third-order valence-electron chi connectivity index (χ3n) is 3.06. The smallest absolute Gasteiger partial charge is 0.326 e. The molecule has 1 fully saturated rings. The van der Waals surface area contributed by atoms with Gasteiger partial charge in [-0.3, -0.25) is 4.79 Å². The molecule has 0 aliphatic carbocycles. The molecule has 1 atom stereocenters. The van der Waals surface area contributed by atoms with E-state index in [1.165, 1.54) is 18.9 Å². The molecule has 104 valence electrons. The summed E-state index contributed by atoms with van der Waals surface area (Å²) in [7, 11) is -2.10.